The van der Waals surface area contributed by atoms with Gasteiger partial charge in [-0.05, 0) is 37.3 Å². The fourth-order valence-electron chi connectivity index (χ4n) is 3.27. The predicted octanol–water partition coefficient (Wildman–Crippen LogP) is 2.37. The molecule has 0 aromatic heterocycles. The minimum Gasteiger partial charge on any atom is -0.356 e. The summed E-state index contributed by atoms with van der Waals surface area (Å²) in [5.41, 5.74) is 2.25. The summed E-state index contributed by atoms with van der Waals surface area (Å²) in [4.78, 5) is 26.8. The molecule has 0 saturated heterocycles. The molecule has 4 nitrogen and oxygen atoms in total. The largest absolute Gasteiger partial charge is 0.356 e. The zero-order chi connectivity index (χ0) is 15.9. The van der Waals surface area contributed by atoms with Crippen LogP contribution in [0.3, 0.4) is 0 Å². The third-order valence-electron chi connectivity index (χ3n) is 4.57. The van der Waals surface area contributed by atoms with Gasteiger partial charge in [0.05, 0.1) is 11.8 Å². The molecular weight excluding hydrogens is 276 g/mol. The summed E-state index contributed by atoms with van der Waals surface area (Å²) in [5.74, 6) is 0.309. The monoisotopic (exact) mass is 300 g/mol. The van der Waals surface area contributed by atoms with E-state index in [0.29, 0.717) is 18.9 Å². The summed E-state index contributed by atoms with van der Waals surface area (Å²) in [6, 6.07) is 8.26. The third-order valence-corrected chi connectivity index (χ3v) is 4.57. The molecule has 1 N–H and O–H groups in total. The van der Waals surface area contributed by atoms with Gasteiger partial charge in [0, 0.05) is 18.3 Å². The van der Waals surface area contributed by atoms with Crippen LogP contribution >= 0.6 is 0 Å². The lowest BCUT2D eigenvalue weighted by molar-refractivity contribution is -0.126. The molecule has 0 radical (unpaired) electrons. The van der Waals surface area contributed by atoms with Crippen LogP contribution < -0.4 is 10.2 Å². The first kappa shape index (κ1) is 15.1. The van der Waals surface area contributed by atoms with E-state index in [2.05, 4.69) is 32.2 Å². The van der Waals surface area contributed by atoms with Gasteiger partial charge >= 0.3 is 0 Å². The number of rotatable bonds is 4. The van der Waals surface area contributed by atoms with Crippen molar-refractivity contribution in [1.29, 1.82) is 0 Å². The Morgan fingerprint density at radius 2 is 2.00 bits per heavy atom. The third kappa shape index (κ3) is 2.74. The summed E-state index contributed by atoms with van der Waals surface area (Å²) in [5, 5.41) is 2.94. The highest BCUT2D eigenvalue weighted by atomic mass is 16.2. The van der Waals surface area contributed by atoms with Crippen molar-refractivity contribution in [2.24, 2.45) is 17.8 Å². The molecule has 1 saturated carbocycles. The number of hydrogen-bond acceptors (Lipinski definition) is 2. The first-order chi connectivity index (χ1) is 10.5. The molecule has 1 fully saturated rings. The zero-order valence-corrected chi connectivity index (χ0v) is 13.5. The van der Waals surface area contributed by atoms with Crippen LogP contribution in [0.2, 0.25) is 0 Å². The number of nitrogens with zero attached hydrogens (tertiary/aromatic N) is 1. The second kappa shape index (κ2) is 5.75. The predicted molar refractivity (Wildman–Crippen MR) is 86.5 cm³/mol. The van der Waals surface area contributed by atoms with Crippen LogP contribution in [0.25, 0.3) is 0 Å². The SMILES string of the molecule is CC(C)CNC(=O)C1CC1C(=O)N1c2ccccc2CC1C. The first-order valence-electron chi connectivity index (χ1n) is 8.17. The van der Waals surface area contributed by atoms with E-state index < -0.39 is 0 Å². The Kier molecular flexibility index (Phi) is 3.94. The molecular formula is C18H24N2O2. The maximum absolute atomic E-state index is 12.8. The summed E-state index contributed by atoms with van der Waals surface area (Å²) >= 11 is 0. The van der Waals surface area contributed by atoms with E-state index in [0.717, 1.165) is 12.1 Å². The maximum Gasteiger partial charge on any atom is 0.231 e. The molecule has 4 heteroatoms. The Balaban J connectivity index is 1.65. The molecule has 3 atom stereocenters. The highest BCUT2D eigenvalue weighted by Crippen LogP contribution is 2.43. The Morgan fingerprint density at radius 1 is 1.27 bits per heavy atom. The van der Waals surface area contributed by atoms with Gasteiger partial charge in [-0.1, -0.05) is 32.0 Å². The van der Waals surface area contributed by atoms with Gasteiger partial charge in [0.2, 0.25) is 11.8 Å². The van der Waals surface area contributed by atoms with E-state index >= 15 is 0 Å². The number of amides is 2. The van der Waals surface area contributed by atoms with Crippen molar-refractivity contribution >= 4 is 17.5 Å². The Hall–Kier alpha value is -1.84. The van der Waals surface area contributed by atoms with E-state index in [4.69, 9.17) is 0 Å². The van der Waals surface area contributed by atoms with Crippen molar-refractivity contribution in [1.82, 2.24) is 5.32 Å². The van der Waals surface area contributed by atoms with Crippen LogP contribution in [0.4, 0.5) is 5.69 Å². The second-order valence-corrected chi connectivity index (χ2v) is 6.98. The van der Waals surface area contributed by atoms with Crippen molar-refractivity contribution in [2.75, 3.05) is 11.4 Å². The molecule has 118 valence electrons. The van der Waals surface area contributed by atoms with E-state index in [-0.39, 0.29) is 29.7 Å². The minimum absolute atomic E-state index is 0.0344. The average Bonchev–Trinajstić information content (AvgIpc) is 3.20. The normalized spacial score (nSPS) is 26.0. The molecule has 1 aromatic rings. The average molecular weight is 300 g/mol. The van der Waals surface area contributed by atoms with E-state index in [1.54, 1.807) is 0 Å². The van der Waals surface area contributed by atoms with E-state index in [9.17, 15) is 9.59 Å². The summed E-state index contributed by atoms with van der Waals surface area (Å²) in [6.07, 6.45) is 1.59. The van der Waals surface area contributed by atoms with Crippen LogP contribution in [0.1, 0.15) is 32.8 Å². The Bertz CT molecular complexity index is 597. The summed E-state index contributed by atoms with van der Waals surface area (Å²) < 4.78 is 0. The quantitative estimate of drug-likeness (QED) is 0.928. The highest BCUT2D eigenvalue weighted by Gasteiger charge is 2.51. The lowest BCUT2D eigenvalue weighted by atomic mass is 10.1. The van der Waals surface area contributed by atoms with Crippen molar-refractivity contribution < 1.29 is 9.59 Å². The number of carbonyl (C=O) groups excluding carboxylic acids is 2. The first-order valence-corrected chi connectivity index (χ1v) is 8.17. The molecule has 1 heterocycles. The minimum atomic E-state index is -0.138. The van der Waals surface area contributed by atoms with Crippen LogP contribution in [0.15, 0.2) is 24.3 Å². The van der Waals surface area contributed by atoms with Crippen molar-refractivity contribution in [3.8, 4) is 0 Å². The maximum atomic E-state index is 12.8. The van der Waals surface area contributed by atoms with Crippen LogP contribution in [-0.2, 0) is 16.0 Å². The second-order valence-electron chi connectivity index (χ2n) is 6.98. The summed E-state index contributed by atoms with van der Waals surface area (Å²) in [7, 11) is 0. The van der Waals surface area contributed by atoms with Crippen molar-refractivity contribution in [3.05, 3.63) is 29.8 Å². The van der Waals surface area contributed by atoms with Gasteiger partial charge in [-0.15, -0.1) is 0 Å². The zero-order valence-electron chi connectivity index (χ0n) is 13.5. The number of carbonyl (C=O) groups is 2. The lowest BCUT2D eigenvalue weighted by Gasteiger charge is -2.23. The van der Waals surface area contributed by atoms with Gasteiger partial charge < -0.3 is 10.2 Å². The Labute approximate surface area is 131 Å². The van der Waals surface area contributed by atoms with Crippen LogP contribution in [0.5, 0.6) is 0 Å². The molecule has 3 rings (SSSR count). The van der Waals surface area contributed by atoms with Crippen LogP contribution in [0, 0.1) is 17.8 Å². The van der Waals surface area contributed by atoms with Crippen molar-refractivity contribution in [2.45, 2.75) is 39.7 Å². The van der Waals surface area contributed by atoms with Gasteiger partial charge in [0.25, 0.3) is 0 Å². The molecule has 3 unspecified atom stereocenters. The number of hydrogen-bond donors (Lipinski definition) is 1. The number of anilines is 1. The van der Waals surface area contributed by atoms with Gasteiger partial charge in [-0.25, -0.2) is 0 Å². The van der Waals surface area contributed by atoms with E-state index in [1.165, 1.54) is 5.56 Å². The number of nitrogens with one attached hydrogen (secondary N) is 1. The van der Waals surface area contributed by atoms with E-state index in [1.807, 2.05) is 23.1 Å². The Morgan fingerprint density at radius 3 is 2.73 bits per heavy atom. The molecule has 2 amide bonds. The number of fused-ring (bicyclic) bond motifs is 1. The smallest absolute Gasteiger partial charge is 0.231 e. The topological polar surface area (TPSA) is 49.4 Å². The van der Waals surface area contributed by atoms with Gasteiger partial charge in [-0.2, -0.15) is 0 Å². The van der Waals surface area contributed by atoms with Crippen molar-refractivity contribution in [3.63, 3.8) is 0 Å². The fraction of sp³-hybridized carbons (Fsp3) is 0.556. The number of benzene rings is 1. The molecule has 0 bridgehead atoms. The standard InChI is InChI=1S/C18H24N2O2/c1-11(2)10-19-17(21)14-9-15(14)18(22)20-12(3)8-13-6-4-5-7-16(13)20/h4-7,11-12,14-15H,8-10H2,1-3H3,(H,19,21). The highest BCUT2D eigenvalue weighted by molar-refractivity contribution is 6.02. The molecule has 22 heavy (non-hydrogen) atoms. The number of para-hydroxylation sites is 1. The molecule has 1 aromatic carbocycles. The van der Waals surface area contributed by atoms with Gasteiger partial charge in [0.15, 0.2) is 0 Å². The molecule has 0 spiro atoms. The molecule has 1 aliphatic heterocycles. The molecule has 1 aliphatic carbocycles. The lowest BCUT2D eigenvalue weighted by Crippen LogP contribution is -2.38. The van der Waals surface area contributed by atoms with Gasteiger partial charge in [0.1, 0.15) is 0 Å². The van der Waals surface area contributed by atoms with Gasteiger partial charge in [-0.3, -0.25) is 9.59 Å². The summed E-state index contributed by atoms with van der Waals surface area (Å²) in [6.45, 7) is 6.89. The molecule has 2 aliphatic rings. The fourth-order valence-corrected chi connectivity index (χ4v) is 3.27. The van der Waals surface area contributed by atoms with Crippen LogP contribution in [-0.4, -0.2) is 24.4 Å².